The Balaban J connectivity index is 1.43. The summed E-state index contributed by atoms with van der Waals surface area (Å²) in [6.07, 6.45) is 2.89. The molecule has 0 spiro atoms. The monoisotopic (exact) mass is 300 g/mol. The number of amides is 1. The zero-order chi connectivity index (χ0) is 15.1. The van der Waals surface area contributed by atoms with Crippen molar-refractivity contribution in [3.05, 3.63) is 30.1 Å². The highest BCUT2D eigenvalue weighted by molar-refractivity contribution is 5.97. The fourth-order valence-electron chi connectivity index (χ4n) is 3.49. The SMILES string of the molecule is C[C@H]1CN2C[C@@H](NC(=O)c3ccc4nc[nH]c4c3)C[C@H]2CO1. The van der Waals surface area contributed by atoms with Crippen LogP contribution in [0.2, 0.25) is 0 Å². The fourth-order valence-corrected chi connectivity index (χ4v) is 3.49. The van der Waals surface area contributed by atoms with Gasteiger partial charge in [0.15, 0.2) is 0 Å². The van der Waals surface area contributed by atoms with Gasteiger partial charge in [0.2, 0.25) is 0 Å². The molecule has 3 heterocycles. The quantitative estimate of drug-likeness (QED) is 0.873. The van der Waals surface area contributed by atoms with Crippen molar-refractivity contribution in [3.8, 4) is 0 Å². The van der Waals surface area contributed by atoms with Crippen LogP contribution in [0.25, 0.3) is 11.0 Å². The van der Waals surface area contributed by atoms with E-state index in [2.05, 4.69) is 27.1 Å². The third-order valence-corrected chi connectivity index (χ3v) is 4.61. The summed E-state index contributed by atoms with van der Waals surface area (Å²) in [4.78, 5) is 22.1. The van der Waals surface area contributed by atoms with Gasteiger partial charge in [0.1, 0.15) is 0 Å². The van der Waals surface area contributed by atoms with Crippen LogP contribution < -0.4 is 5.32 Å². The average molecular weight is 300 g/mol. The number of morpholine rings is 1. The number of aromatic nitrogens is 2. The molecule has 2 aliphatic heterocycles. The molecule has 2 N–H and O–H groups in total. The number of fused-ring (bicyclic) bond motifs is 2. The van der Waals surface area contributed by atoms with E-state index in [9.17, 15) is 4.79 Å². The number of carbonyl (C=O) groups is 1. The van der Waals surface area contributed by atoms with Gasteiger partial charge in [0, 0.05) is 30.7 Å². The summed E-state index contributed by atoms with van der Waals surface area (Å²) in [6, 6.07) is 6.19. The second kappa shape index (κ2) is 5.37. The van der Waals surface area contributed by atoms with Crippen LogP contribution in [0, 0.1) is 0 Å². The van der Waals surface area contributed by atoms with E-state index < -0.39 is 0 Å². The van der Waals surface area contributed by atoms with Gasteiger partial charge in [-0.1, -0.05) is 0 Å². The van der Waals surface area contributed by atoms with Crippen molar-refractivity contribution in [2.75, 3.05) is 19.7 Å². The van der Waals surface area contributed by atoms with Gasteiger partial charge in [-0.2, -0.15) is 0 Å². The number of aromatic amines is 1. The number of benzene rings is 1. The smallest absolute Gasteiger partial charge is 0.251 e. The zero-order valence-corrected chi connectivity index (χ0v) is 12.6. The minimum Gasteiger partial charge on any atom is -0.376 e. The maximum Gasteiger partial charge on any atom is 0.251 e. The first-order valence-electron chi connectivity index (χ1n) is 7.78. The van der Waals surface area contributed by atoms with Crippen molar-refractivity contribution in [1.29, 1.82) is 0 Å². The molecule has 116 valence electrons. The van der Waals surface area contributed by atoms with Crippen molar-refractivity contribution >= 4 is 16.9 Å². The third kappa shape index (κ3) is 2.48. The van der Waals surface area contributed by atoms with Gasteiger partial charge in [-0.05, 0) is 31.5 Å². The van der Waals surface area contributed by atoms with Crippen LogP contribution in [-0.4, -0.2) is 58.7 Å². The maximum absolute atomic E-state index is 12.4. The molecule has 22 heavy (non-hydrogen) atoms. The minimum absolute atomic E-state index is 0.0182. The standard InChI is InChI=1S/C16H20N4O2/c1-10-6-20-7-12(5-13(20)8-22-10)19-16(21)11-2-3-14-15(4-11)18-9-17-14/h2-4,9-10,12-13H,5-8H2,1H3,(H,17,18)(H,19,21)/t10-,12-,13-/m0/s1. The van der Waals surface area contributed by atoms with Crippen LogP contribution in [-0.2, 0) is 4.74 Å². The molecule has 6 heteroatoms. The normalized spacial score (nSPS) is 28.7. The van der Waals surface area contributed by atoms with Gasteiger partial charge in [-0.25, -0.2) is 4.98 Å². The minimum atomic E-state index is -0.0182. The second-order valence-electron chi connectivity index (χ2n) is 6.29. The first-order valence-corrected chi connectivity index (χ1v) is 7.78. The zero-order valence-electron chi connectivity index (χ0n) is 12.6. The predicted octanol–water partition coefficient (Wildman–Crippen LogP) is 1.15. The number of imidazole rings is 1. The number of nitrogens with zero attached hydrogens (tertiary/aromatic N) is 2. The highest BCUT2D eigenvalue weighted by Crippen LogP contribution is 2.23. The third-order valence-electron chi connectivity index (χ3n) is 4.61. The van der Waals surface area contributed by atoms with Crippen LogP contribution in [0.5, 0.6) is 0 Å². The van der Waals surface area contributed by atoms with E-state index in [1.807, 2.05) is 18.2 Å². The molecule has 0 radical (unpaired) electrons. The molecule has 1 aromatic heterocycles. The molecule has 0 bridgehead atoms. The van der Waals surface area contributed by atoms with Crippen molar-refractivity contribution < 1.29 is 9.53 Å². The summed E-state index contributed by atoms with van der Waals surface area (Å²) in [5.41, 5.74) is 2.44. The molecular formula is C16H20N4O2. The van der Waals surface area contributed by atoms with Crippen LogP contribution in [0.3, 0.4) is 0 Å². The van der Waals surface area contributed by atoms with E-state index >= 15 is 0 Å². The van der Waals surface area contributed by atoms with Crippen molar-refractivity contribution in [2.24, 2.45) is 0 Å². The highest BCUT2D eigenvalue weighted by atomic mass is 16.5. The highest BCUT2D eigenvalue weighted by Gasteiger charge is 2.36. The average Bonchev–Trinajstić information content (AvgIpc) is 3.11. The predicted molar refractivity (Wildman–Crippen MR) is 82.7 cm³/mol. The lowest BCUT2D eigenvalue weighted by molar-refractivity contribution is -0.0390. The number of H-pyrrole nitrogens is 1. The van der Waals surface area contributed by atoms with Gasteiger partial charge in [-0.15, -0.1) is 0 Å². The Morgan fingerprint density at radius 2 is 2.36 bits per heavy atom. The van der Waals surface area contributed by atoms with E-state index in [4.69, 9.17) is 4.74 Å². The molecule has 0 saturated carbocycles. The molecular weight excluding hydrogens is 280 g/mol. The Labute approximate surface area is 128 Å². The lowest BCUT2D eigenvalue weighted by Gasteiger charge is -2.33. The molecule has 2 aromatic rings. The lowest BCUT2D eigenvalue weighted by Crippen LogP contribution is -2.45. The van der Waals surface area contributed by atoms with Crippen LogP contribution in [0.4, 0.5) is 0 Å². The largest absolute Gasteiger partial charge is 0.376 e. The number of nitrogens with one attached hydrogen (secondary N) is 2. The Morgan fingerprint density at radius 1 is 1.45 bits per heavy atom. The summed E-state index contributed by atoms with van der Waals surface area (Å²) >= 11 is 0. The number of hydrogen-bond donors (Lipinski definition) is 2. The van der Waals surface area contributed by atoms with Gasteiger partial charge in [0.25, 0.3) is 5.91 Å². The number of hydrogen-bond acceptors (Lipinski definition) is 4. The van der Waals surface area contributed by atoms with Crippen LogP contribution in [0.1, 0.15) is 23.7 Å². The first-order chi connectivity index (χ1) is 10.7. The topological polar surface area (TPSA) is 70.2 Å². The molecule has 3 atom stereocenters. The molecule has 6 nitrogen and oxygen atoms in total. The lowest BCUT2D eigenvalue weighted by atomic mass is 10.1. The number of ether oxygens (including phenoxy) is 1. The van der Waals surface area contributed by atoms with E-state index in [0.29, 0.717) is 11.6 Å². The van der Waals surface area contributed by atoms with Gasteiger partial charge in [0.05, 0.1) is 30.1 Å². The fraction of sp³-hybridized carbons (Fsp3) is 0.500. The van der Waals surface area contributed by atoms with E-state index in [1.165, 1.54) is 0 Å². The molecule has 1 aromatic carbocycles. The Kier molecular flexibility index (Phi) is 3.35. The molecule has 1 amide bonds. The summed E-state index contributed by atoms with van der Waals surface area (Å²) in [5.74, 6) is -0.0182. The van der Waals surface area contributed by atoms with Gasteiger partial charge in [-0.3, -0.25) is 9.69 Å². The van der Waals surface area contributed by atoms with E-state index in [-0.39, 0.29) is 18.1 Å². The summed E-state index contributed by atoms with van der Waals surface area (Å²) < 4.78 is 5.70. The van der Waals surface area contributed by atoms with Crippen molar-refractivity contribution in [3.63, 3.8) is 0 Å². The van der Waals surface area contributed by atoms with Gasteiger partial charge >= 0.3 is 0 Å². The summed E-state index contributed by atoms with van der Waals surface area (Å²) in [7, 11) is 0. The Bertz CT molecular complexity index is 698. The van der Waals surface area contributed by atoms with Gasteiger partial charge < -0.3 is 15.0 Å². The molecule has 0 aliphatic carbocycles. The van der Waals surface area contributed by atoms with Crippen molar-refractivity contribution in [1.82, 2.24) is 20.2 Å². The molecule has 2 saturated heterocycles. The van der Waals surface area contributed by atoms with E-state index in [1.54, 1.807) is 6.33 Å². The van der Waals surface area contributed by atoms with Crippen LogP contribution in [0.15, 0.2) is 24.5 Å². The number of rotatable bonds is 2. The molecule has 2 fully saturated rings. The van der Waals surface area contributed by atoms with Crippen LogP contribution >= 0.6 is 0 Å². The Hall–Kier alpha value is -1.92. The maximum atomic E-state index is 12.4. The Morgan fingerprint density at radius 3 is 3.27 bits per heavy atom. The first kappa shape index (κ1) is 13.7. The summed E-state index contributed by atoms with van der Waals surface area (Å²) in [6.45, 7) is 4.74. The number of carbonyl (C=O) groups excluding carboxylic acids is 1. The molecule has 2 aliphatic rings. The summed E-state index contributed by atoms with van der Waals surface area (Å²) in [5, 5.41) is 3.15. The molecule has 4 rings (SSSR count). The second-order valence-corrected chi connectivity index (χ2v) is 6.29. The van der Waals surface area contributed by atoms with E-state index in [0.717, 1.165) is 37.2 Å². The van der Waals surface area contributed by atoms with Crippen molar-refractivity contribution in [2.45, 2.75) is 31.5 Å². The molecule has 0 unspecified atom stereocenters.